The minimum Gasteiger partial charge on any atom is -0.508 e. The summed E-state index contributed by atoms with van der Waals surface area (Å²) in [6.07, 6.45) is 0. The molecule has 1 rings (SSSR count). The van der Waals surface area contributed by atoms with Crippen LogP contribution in [0.15, 0.2) is 18.2 Å². The van der Waals surface area contributed by atoms with Gasteiger partial charge in [-0.25, -0.2) is 4.39 Å². The van der Waals surface area contributed by atoms with Gasteiger partial charge < -0.3 is 10.8 Å². The number of amides is 1. The molecule has 0 aromatic heterocycles. The van der Waals surface area contributed by atoms with Crippen molar-refractivity contribution in [2.45, 2.75) is 6.54 Å². The predicted molar refractivity (Wildman–Crippen MR) is 50.1 cm³/mol. The Morgan fingerprint density at radius 1 is 1.53 bits per heavy atom. The maximum atomic E-state index is 12.8. The fourth-order valence-electron chi connectivity index (χ4n) is 0.992. The Bertz CT molecular complexity index is 337. The summed E-state index contributed by atoms with van der Waals surface area (Å²) in [5.74, 6) is -1.31. The van der Waals surface area contributed by atoms with Gasteiger partial charge in [0, 0.05) is 12.6 Å². The molecule has 82 valence electrons. The van der Waals surface area contributed by atoms with Crippen LogP contribution in [0, 0.1) is 5.82 Å². The monoisotopic (exact) mass is 214 g/mol. The summed E-state index contributed by atoms with van der Waals surface area (Å²) >= 11 is 0. The van der Waals surface area contributed by atoms with Crippen molar-refractivity contribution in [1.29, 1.82) is 0 Å². The lowest BCUT2D eigenvalue weighted by Gasteiger charge is -2.04. The second-order valence-corrected chi connectivity index (χ2v) is 2.89. The lowest BCUT2D eigenvalue weighted by atomic mass is 10.2. The number of phenolic OH excluding ortho intramolecular Hbond substituents is 1. The summed E-state index contributed by atoms with van der Waals surface area (Å²) in [6.45, 7) is -0.0973. The Morgan fingerprint density at radius 2 is 2.27 bits per heavy atom. The van der Waals surface area contributed by atoms with Crippen LogP contribution in [0.1, 0.15) is 5.56 Å². The molecular formula is C9H11FN2O3. The molecule has 0 unspecified atom stereocenters. The second-order valence-electron chi connectivity index (χ2n) is 2.89. The Kier molecular flexibility index (Phi) is 4.02. The first-order chi connectivity index (χ1) is 7.08. The molecule has 5 nitrogen and oxygen atoms in total. The van der Waals surface area contributed by atoms with E-state index in [0.717, 1.165) is 6.07 Å². The zero-order chi connectivity index (χ0) is 11.3. The molecule has 0 aliphatic heterocycles. The van der Waals surface area contributed by atoms with E-state index in [1.165, 1.54) is 12.1 Å². The van der Waals surface area contributed by atoms with E-state index in [1.54, 1.807) is 0 Å². The first-order valence-electron chi connectivity index (χ1n) is 4.19. The van der Waals surface area contributed by atoms with E-state index in [1.807, 2.05) is 0 Å². The van der Waals surface area contributed by atoms with E-state index in [9.17, 15) is 9.18 Å². The van der Waals surface area contributed by atoms with Crippen molar-refractivity contribution in [3.63, 3.8) is 0 Å². The van der Waals surface area contributed by atoms with Gasteiger partial charge in [-0.1, -0.05) is 0 Å². The minimum atomic E-state index is -0.607. The molecule has 0 fully saturated rings. The molecule has 1 amide bonds. The Balaban J connectivity index is 2.40. The number of carbonyl (C=O) groups excluding carboxylic acids is 1. The van der Waals surface area contributed by atoms with Gasteiger partial charge >= 0.3 is 0 Å². The van der Waals surface area contributed by atoms with Crippen LogP contribution in [0.2, 0.25) is 0 Å². The lowest BCUT2D eigenvalue weighted by molar-refractivity contribution is -0.125. The summed E-state index contributed by atoms with van der Waals surface area (Å²) in [7, 11) is 0. The number of phenols is 1. The summed E-state index contributed by atoms with van der Waals surface area (Å²) in [4.78, 5) is 14.9. The van der Waals surface area contributed by atoms with Gasteiger partial charge in [0.1, 0.15) is 18.2 Å². The third-order valence-electron chi connectivity index (χ3n) is 1.54. The van der Waals surface area contributed by atoms with Gasteiger partial charge in [-0.3, -0.25) is 9.63 Å². The molecule has 0 saturated carbocycles. The first kappa shape index (κ1) is 11.4. The molecule has 0 heterocycles. The van der Waals surface area contributed by atoms with Crippen LogP contribution < -0.4 is 11.2 Å². The summed E-state index contributed by atoms with van der Waals surface area (Å²) in [5.41, 5.74) is 7.72. The lowest BCUT2D eigenvalue weighted by Crippen LogP contribution is -2.24. The van der Waals surface area contributed by atoms with Crippen LogP contribution in [0.4, 0.5) is 4.39 Å². The number of nitrogens with one attached hydrogen (secondary N) is 1. The van der Waals surface area contributed by atoms with E-state index in [4.69, 9.17) is 10.8 Å². The molecule has 0 bridgehead atoms. The zero-order valence-electron chi connectivity index (χ0n) is 7.87. The number of aromatic hydroxyl groups is 1. The van der Waals surface area contributed by atoms with Crippen LogP contribution in [-0.2, 0) is 16.2 Å². The van der Waals surface area contributed by atoms with Gasteiger partial charge in [0.25, 0.3) is 0 Å². The number of hydrogen-bond acceptors (Lipinski definition) is 4. The molecule has 4 N–H and O–H groups in total. The van der Waals surface area contributed by atoms with Crippen molar-refractivity contribution in [1.82, 2.24) is 5.48 Å². The second kappa shape index (κ2) is 5.28. The molecule has 0 radical (unpaired) electrons. The quantitative estimate of drug-likeness (QED) is 0.477. The highest BCUT2D eigenvalue weighted by molar-refractivity contribution is 5.74. The SMILES string of the molecule is NC(=O)CONCc1cc(O)cc(F)c1. The van der Waals surface area contributed by atoms with E-state index >= 15 is 0 Å². The fourth-order valence-corrected chi connectivity index (χ4v) is 0.992. The van der Waals surface area contributed by atoms with Gasteiger partial charge in [-0.2, -0.15) is 5.48 Å². The minimum absolute atomic E-state index is 0.165. The third kappa shape index (κ3) is 4.39. The normalized spacial score (nSPS) is 10.2. The maximum Gasteiger partial charge on any atom is 0.245 e. The molecule has 0 atom stereocenters. The smallest absolute Gasteiger partial charge is 0.245 e. The molecule has 0 spiro atoms. The number of halogens is 1. The van der Waals surface area contributed by atoms with Gasteiger partial charge in [0.15, 0.2) is 0 Å². The van der Waals surface area contributed by atoms with Crippen LogP contribution in [0.3, 0.4) is 0 Å². The summed E-state index contributed by atoms with van der Waals surface area (Å²) in [6, 6.07) is 3.61. The van der Waals surface area contributed by atoms with Gasteiger partial charge in [0.2, 0.25) is 5.91 Å². The third-order valence-corrected chi connectivity index (χ3v) is 1.54. The standard InChI is InChI=1S/C9H11FN2O3/c10-7-1-6(2-8(13)3-7)4-12-15-5-9(11)14/h1-3,12-13H,4-5H2,(H2,11,14). The van der Waals surface area contributed by atoms with E-state index < -0.39 is 11.7 Å². The van der Waals surface area contributed by atoms with Crippen molar-refractivity contribution in [2.75, 3.05) is 6.61 Å². The largest absolute Gasteiger partial charge is 0.508 e. The Morgan fingerprint density at radius 3 is 2.87 bits per heavy atom. The average Bonchev–Trinajstić information content (AvgIpc) is 2.10. The molecule has 15 heavy (non-hydrogen) atoms. The zero-order valence-corrected chi connectivity index (χ0v) is 7.87. The van der Waals surface area contributed by atoms with Crippen LogP contribution >= 0.6 is 0 Å². The van der Waals surface area contributed by atoms with Gasteiger partial charge in [-0.05, 0) is 17.7 Å². The van der Waals surface area contributed by atoms with Crippen LogP contribution in [-0.4, -0.2) is 17.6 Å². The fraction of sp³-hybridized carbons (Fsp3) is 0.222. The van der Waals surface area contributed by atoms with Crippen molar-refractivity contribution >= 4 is 5.91 Å². The molecule has 1 aromatic carbocycles. The van der Waals surface area contributed by atoms with Crippen molar-refractivity contribution in [3.05, 3.63) is 29.6 Å². The number of hydrogen-bond donors (Lipinski definition) is 3. The highest BCUT2D eigenvalue weighted by Gasteiger charge is 2.00. The number of rotatable bonds is 5. The Labute approximate surface area is 85.6 Å². The number of nitrogens with two attached hydrogens (primary N) is 1. The predicted octanol–water partition coefficient (Wildman–Crippen LogP) is 0.0378. The maximum absolute atomic E-state index is 12.8. The van der Waals surface area contributed by atoms with E-state index in [2.05, 4.69) is 10.3 Å². The molecular weight excluding hydrogens is 203 g/mol. The van der Waals surface area contributed by atoms with E-state index in [-0.39, 0.29) is 18.9 Å². The van der Waals surface area contributed by atoms with Gasteiger partial charge in [0.05, 0.1) is 0 Å². The highest BCUT2D eigenvalue weighted by Crippen LogP contribution is 2.14. The van der Waals surface area contributed by atoms with Gasteiger partial charge in [-0.15, -0.1) is 0 Å². The van der Waals surface area contributed by atoms with Crippen molar-refractivity contribution < 1.29 is 19.1 Å². The van der Waals surface area contributed by atoms with E-state index in [0.29, 0.717) is 5.56 Å². The van der Waals surface area contributed by atoms with Crippen molar-refractivity contribution in [2.24, 2.45) is 5.73 Å². The molecule has 0 saturated heterocycles. The van der Waals surface area contributed by atoms with Crippen molar-refractivity contribution in [3.8, 4) is 5.75 Å². The molecule has 0 aliphatic carbocycles. The van der Waals surface area contributed by atoms with Crippen LogP contribution in [0.25, 0.3) is 0 Å². The first-order valence-corrected chi connectivity index (χ1v) is 4.19. The number of carbonyl (C=O) groups is 1. The molecule has 6 heteroatoms. The molecule has 0 aliphatic rings. The summed E-state index contributed by atoms with van der Waals surface area (Å²) in [5, 5.41) is 9.06. The average molecular weight is 214 g/mol. The molecule has 1 aromatic rings. The number of benzene rings is 1. The number of hydroxylamine groups is 1. The topological polar surface area (TPSA) is 84.6 Å². The number of primary amides is 1. The summed E-state index contributed by atoms with van der Waals surface area (Å²) < 4.78 is 12.8. The highest BCUT2D eigenvalue weighted by atomic mass is 19.1. The van der Waals surface area contributed by atoms with Crippen LogP contribution in [0.5, 0.6) is 5.75 Å². The Hall–Kier alpha value is -1.66.